The van der Waals surface area contributed by atoms with E-state index in [9.17, 15) is 9.50 Å². The lowest BCUT2D eigenvalue weighted by Crippen LogP contribution is -2.54. The number of aliphatic hydroxyl groups is 1. The third-order valence-corrected chi connectivity index (χ3v) is 6.94. The number of anilines is 1. The lowest BCUT2D eigenvalue weighted by atomic mass is 9.90. The van der Waals surface area contributed by atoms with Crippen LogP contribution < -0.4 is 4.90 Å². The summed E-state index contributed by atoms with van der Waals surface area (Å²) in [6, 6.07) is 7.84. The first-order valence-corrected chi connectivity index (χ1v) is 12.3. The lowest BCUT2D eigenvalue weighted by Gasteiger charge is -2.41. The number of H-pyrrole nitrogens is 1. The predicted molar refractivity (Wildman–Crippen MR) is 144 cm³/mol. The van der Waals surface area contributed by atoms with E-state index in [-0.39, 0.29) is 11.9 Å². The molecular formula is C27H30FN9O. The average Bonchev–Trinajstić information content (AvgIpc) is 3.57. The Kier molecular flexibility index (Phi) is 6.77. The van der Waals surface area contributed by atoms with Gasteiger partial charge in [0.25, 0.3) is 0 Å². The molecule has 4 aromatic rings. The zero-order valence-corrected chi connectivity index (χ0v) is 21.5. The van der Waals surface area contributed by atoms with E-state index in [1.807, 2.05) is 31.7 Å². The standard InChI is InChI=1S/C27H30FN9O/c1-18-15-36(25(33-17-29)24-10-19(11-30-24)20-12-34-35(3)16-20)8-9-37(18)26-31-13-22(14-32-26)27(2,38)21-4-6-23(28)7-5-21/h4-7,10-14,16-18,29-30,38H,8-9,15H2,1-3H3/t18-,27-/m1/s1. The quantitative estimate of drug-likeness (QED) is 0.268. The van der Waals surface area contributed by atoms with E-state index in [0.717, 1.165) is 23.2 Å². The van der Waals surface area contributed by atoms with E-state index in [0.29, 0.717) is 42.5 Å². The number of halogens is 1. The normalized spacial score (nSPS) is 17.9. The maximum Gasteiger partial charge on any atom is 0.225 e. The largest absolute Gasteiger partial charge is 0.381 e. The molecule has 0 bridgehead atoms. The summed E-state index contributed by atoms with van der Waals surface area (Å²) < 4.78 is 15.1. The van der Waals surface area contributed by atoms with Crippen LogP contribution in [0.4, 0.5) is 10.3 Å². The van der Waals surface area contributed by atoms with Crippen LogP contribution in [0.2, 0.25) is 0 Å². The Bertz CT molecular complexity index is 1440. The van der Waals surface area contributed by atoms with E-state index in [2.05, 4.69) is 41.8 Å². The highest BCUT2D eigenvalue weighted by atomic mass is 19.1. The summed E-state index contributed by atoms with van der Waals surface area (Å²) in [6.07, 6.45) is 9.97. The number of hydrogen-bond donors (Lipinski definition) is 3. The molecule has 0 amide bonds. The molecule has 3 aromatic heterocycles. The second-order valence-electron chi connectivity index (χ2n) is 9.63. The molecule has 1 fully saturated rings. The van der Waals surface area contributed by atoms with Crippen LogP contribution in [0.1, 0.15) is 30.7 Å². The third kappa shape index (κ3) is 4.92. The number of aromatic nitrogens is 5. The van der Waals surface area contributed by atoms with Crippen LogP contribution in [0.15, 0.2) is 66.3 Å². The van der Waals surface area contributed by atoms with Gasteiger partial charge in [-0.3, -0.25) is 10.1 Å². The van der Waals surface area contributed by atoms with Gasteiger partial charge in [0.2, 0.25) is 5.95 Å². The second-order valence-corrected chi connectivity index (χ2v) is 9.63. The van der Waals surface area contributed by atoms with E-state index in [1.165, 1.54) is 12.1 Å². The molecule has 1 aromatic carbocycles. The number of aliphatic imine (C=N–C) groups is 1. The summed E-state index contributed by atoms with van der Waals surface area (Å²) in [4.78, 5) is 21.0. The second kappa shape index (κ2) is 10.2. The smallest absolute Gasteiger partial charge is 0.225 e. The molecule has 0 spiro atoms. The molecular weight excluding hydrogens is 485 g/mol. The minimum absolute atomic E-state index is 0.0656. The van der Waals surface area contributed by atoms with Gasteiger partial charge >= 0.3 is 0 Å². The van der Waals surface area contributed by atoms with Crippen LogP contribution >= 0.6 is 0 Å². The molecule has 11 heteroatoms. The molecule has 0 radical (unpaired) electrons. The zero-order valence-electron chi connectivity index (χ0n) is 21.5. The van der Waals surface area contributed by atoms with Crippen LogP contribution in [0.5, 0.6) is 0 Å². The van der Waals surface area contributed by atoms with Crippen LogP contribution in [-0.2, 0) is 12.6 Å². The molecule has 0 unspecified atom stereocenters. The number of nitrogens with zero attached hydrogens (tertiary/aromatic N) is 7. The summed E-state index contributed by atoms with van der Waals surface area (Å²) in [5.74, 6) is 0.914. The Morgan fingerprint density at radius 3 is 2.53 bits per heavy atom. The number of rotatable bonds is 6. The monoisotopic (exact) mass is 515 g/mol. The number of benzene rings is 1. The molecule has 3 N–H and O–H groups in total. The molecule has 38 heavy (non-hydrogen) atoms. The van der Waals surface area contributed by atoms with Crippen molar-refractivity contribution in [2.75, 3.05) is 24.5 Å². The first kappa shape index (κ1) is 25.3. The Morgan fingerprint density at radius 2 is 1.89 bits per heavy atom. The average molecular weight is 516 g/mol. The topological polar surface area (TPSA) is 122 Å². The number of aryl methyl sites for hydroxylation is 1. The van der Waals surface area contributed by atoms with Crippen LogP contribution in [0.25, 0.3) is 11.1 Å². The Morgan fingerprint density at radius 1 is 1.16 bits per heavy atom. The SMILES string of the molecule is C[C@@H]1CN(C(=NC=N)c2cc(-c3cnn(C)c3)c[nH]2)CCN1c1ncc([C@](C)(O)c2ccc(F)cc2)cn1. The van der Waals surface area contributed by atoms with Crippen molar-refractivity contribution in [2.24, 2.45) is 12.0 Å². The van der Waals surface area contributed by atoms with E-state index in [1.54, 1.807) is 36.1 Å². The van der Waals surface area contributed by atoms with Gasteiger partial charge in [-0.1, -0.05) is 12.1 Å². The van der Waals surface area contributed by atoms with Crippen molar-refractivity contribution in [1.82, 2.24) is 29.6 Å². The summed E-state index contributed by atoms with van der Waals surface area (Å²) in [7, 11) is 1.88. The van der Waals surface area contributed by atoms with Gasteiger partial charge in [0, 0.05) is 74.2 Å². The highest BCUT2D eigenvalue weighted by Gasteiger charge is 2.30. The number of piperazine rings is 1. The maximum atomic E-state index is 13.3. The van der Waals surface area contributed by atoms with Gasteiger partial charge in [0.05, 0.1) is 11.9 Å². The van der Waals surface area contributed by atoms with E-state index < -0.39 is 5.60 Å². The van der Waals surface area contributed by atoms with Gasteiger partial charge in [-0.15, -0.1) is 0 Å². The van der Waals surface area contributed by atoms with Crippen molar-refractivity contribution in [3.63, 3.8) is 0 Å². The summed E-state index contributed by atoms with van der Waals surface area (Å²) in [5.41, 5.74) is 2.57. The van der Waals surface area contributed by atoms with E-state index in [4.69, 9.17) is 5.41 Å². The minimum Gasteiger partial charge on any atom is -0.381 e. The van der Waals surface area contributed by atoms with Gasteiger partial charge in [0.15, 0.2) is 5.84 Å². The van der Waals surface area contributed by atoms with Gasteiger partial charge in [-0.2, -0.15) is 5.10 Å². The van der Waals surface area contributed by atoms with Gasteiger partial charge in [-0.25, -0.2) is 19.4 Å². The highest BCUT2D eigenvalue weighted by Crippen LogP contribution is 2.29. The van der Waals surface area contributed by atoms with Crippen molar-refractivity contribution in [3.8, 4) is 11.1 Å². The molecule has 0 aliphatic carbocycles. The fourth-order valence-corrected chi connectivity index (χ4v) is 4.75. The van der Waals surface area contributed by atoms with Gasteiger partial charge < -0.3 is 19.9 Å². The van der Waals surface area contributed by atoms with Crippen molar-refractivity contribution >= 4 is 18.1 Å². The van der Waals surface area contributed by atoms with Crippen LogP contribution in [0.3, 0.4) is 0 Å². The van der Waals surface area contributed by atoms with Crippen molar-refractivity contribution in [1.29, 1.82) is 5.41 Å². The first-order chi connectivity index (χ1) is 18.3. The first-order valence-electron chi connectivity index (χ1n) is 12.3. The Labute approximate surface area is 220 Å². The summed E-state index contributed by atoms with van der Waals surface area (Å²) >= 11 is 0. The molecule has 2 atom stereocenters. The predicted octanol–water partition coefficient (Wildman–Crippen LogP) is 3.16. The summed E-state index contributed by atoms with van der Waals surface area (Å²) in [6.45, 7) is 5.71. The number of nitrogens with one attached hydrogen (secondary N) is 2. The molecule has 4 heterocycles. The fourth-order valence-electron chi connectivity index (χ4n) is 4.75. The van der Waals surface area contributed by atoms with Gasteiger partial charge in [0.1, 0.15) is 17.8 Å². The molecule has 1 aliphatic heterocycles. The van der Waals surface area contributed by atoms with Gasteiger partial charge in [-0.05, 0) is 37.6 Å². The Balaban J connectivity index is 1.30. The van der Waals surface area contributed by atoms with Crippen molar-refractivity contribution < 1.29 is 9.50 Å². The fraction of sp³-hybridized carbons (Fsp3) is 0.296. The minimum atomic E-state index is -1.35. The zero-order chi connectivity index (χ0) is 26.9. The van der Waals surface area contributed by atoms with Crippen molar-refractivity contribution in [3.05, 3.63) is 84.0 Å². The molecule has 1 aliphatic rings. The molecule has 0 saturated carbocycles. The van der Waals surface area contributed by atoms with Crippen molar-refractivity contribution in [2.45, 2.75) is 25.5 Å². The maximum absolute atomic E-state index is 13.3. The van der Waals surface area contributed by atoms with E-state index >= 15 is 0 Å². The molecule has 196 valence electrons. The number of amidine groups is 1. The molecule has 10 nitrogen and oxygen atoms in total. The van der Waals surface area contributed by atoms with Crippen LogP contribution in [-0.4, -0.2) is 72.6 Å². The summed E-state index contributed by atoms with van der Waals surface area (Å²) in [5, 5.41) is 22.9. The van der Waals surface area contributed by atoms with Crippen LogP contribution in [0, 0.1) is 11.2 Å². The number of hydrogen-bond acceptors (Lipinski definition) is 6. The highest BCUT2D eigenvalue weighted by molar-refractivity contribution is 6.01. The number of aromatic amines is 1. The molecule has 1 saturated heterocycles. The Hall–Kier alpha value is -4.38. The third-order valence-electron chi connectivity index (χ3n) is 6.94. The molecule has 5 rings (SSSR count). The lowest BCUT2D eigenvalue weighted by molar-refractivity contribution is 0.101.